The van der Waals surface area contributed by atoms with Gasteiger partial charge in [-0.05, 0) is 74.1 Å². The molecule has 0 bridgehead atoms. The molecule has 218 valence electrons. The molecule has 3 atom stereocenters. The summed E-state index contributed by atoms with van der Waals surface area (Å²) in [6.45, 7) is 5.59. The van der Waals surface area contributed by atoms with E-state index in [1.165, 1.54) is 0 Å². The van der Waals surface area contributed by atoms with E-state index in [0.29, 0.717) is 41.5 Å². The molecule has 0 saturated carbocycles. The second-order valence-corrected chi connectivity index (χ2v) is 10.6. The number of rotatable bonds is 9. The van der Waals surface area contributed by atoms with Gasteiger partial charge in [-0.15, -0.1) is 0 Å². The lowest BCUT2D eigenvalue weighted by molar-refractivity contribution is -0.134. The van der Waals surface area contributed by atoms with E-state index in [4.69, 9.17) is 9.47 Å². The van der Waals surface area contributed by atoms with Crippen molar-refractivity contribution in [2.24, 2.45) is 5.92 Å². The molecule has 1 aromatic heterocycles. The van der Waals surface area contributed by atoms with Crippen LogP contribution < -0.4 is 20.1 Å². The monoisotopic (exact) mass is 561 g/mol. The lowest BCUT2D eigenvalue weighted by Crippen LogP contribution is -2.47. The molecule has 1 aliphatic rings. The van der Waals surface area contributed by atoms with Crippen LogP contribution in [0.25, 0.3) is 0 Å². The fourth-order valence-corrected chi connectivity index (χ4v) is 4.86. The molecule has 10 nitrogen and oxygen atoms in total. The van der Waals surface area contributed by atoms with Crippen LogP contribution in [0.15, 0.2) is 67.0 Å². The van der Waals surface area contributed by atoms with Crippen molar-refractivity contribution >= 4 is 23.3 Å². The maximum Gasteiger partial charge on any atom is 0.323 e. The number of methoxy groups -OCH3 is 1. The summed E-state index contributed by atoms with van der Waals surface area (Å²) in [6, 6.07) is 15.6. The number of nitrogens with zero attached hydrogens (tertiary/aromatic N) is 3. The van der Waals surface area contributed by atoms with Gasteiger partial charge in [-0.25, -0.2) is 4.79 Å². The zero-order chi connectivity index (χ0) is 29.4. The first-order valence-corrected chi connectivity index (χ1v) is 13.7. The van der Waals surface area contributed by atoms with Gasteiger partial charge in [-0.1, -0.05) is 6.92 Å². The molecule has 2 aromatic carbocycles. The number of likely N-dealkylation sites (N-methyl/N-ethyl adjacent to an activating group) is 1. The van der Waals surface area contributed by atoms with Crippen LogP contribution in [0.1, 0.15) is 25.0 Å². The van der Waals surface area contributed by atoms with Gasteiger partial charge < -0.3 is 30.1 Å². The standard InChI is InChI=1S/C31H39N5O5/c1-21-17-36(22(2)20-37)30(38)16-24-15-26(34-31(39)33-25-5-8-27(40-4)9-6-25)7-10-28(24)41-29(21)19-35(3)18-23-11-13-32-14-12-23/h5-15,21-22,29,37H,16-20H2,1-4H3,(H2,33,34,39)/t21-,22+,29+/m0/s1. The molecule has 3 amide bonds. The van der Waals surface area contributed by atoms with Gasteiger partial charge >= 0.3 is 6.03 Å². The van der Waals surface area contributed by atoms with Gasteiger partial charge in [0.1, 0.15) is 17.6 Å². The third-order valence-electron chi connectivity index (χ3n) is 7.22. The summed E-state index contributed by atoms with van der Waals surface area (Å²) in [5, 5.41) is 15.5. The molecule has 0 unspecified atom stereocenters. The van der Waals surface area contributed by atoms with Crippen LogP contribution >= 0.6 is 0 Å². The first kappa shape index (κ1) is 29.8. The highest BCUT2D eigenvalue weighted by Crippen LogP contribution is 2.29. The van der Waals surface area contributed by atoms with Gasteiger partial charge in [0, 0.05) is 54.9 Å². The number of benzene rings is 2. The minimum absolute atomic E-state index is 0.00753. The number of nitrogens with one attached hydrogen (secondary N) is 2. The third-order valence-corrected chi connectivity index (χ3v) is 7.22. The molecule has 0 radical (unpaired) electrons. The Morgan fingerprint density at radius 2 is 1.83 bits per heavy atom. The normalized spacial score (nSPS) is 17.9. The van der Waals surface area contributed by atoms with E-state index in [1.807, 2.05) is 26.1 Å². The number of urea groups is 1. The lowest BCUT2D eigenvalue weighted by atomic mass is 10.0. The third kappa shape index (κ3) is 8.18. The molecule has 4 rings (SSSR count). The number of ether oxygens (including phenoxy) is 2. The molecule has 0 spiro atoms. The summed E-state index contributed by atoms with van der Waals surface area (Å²) in [5.74, 6) is 1.19. The summed E-state index contributed by atoms with van der Waals surface area (Å²) < 4.78 is 11.8. The molecule has 3 aromatic rings. The fraction of sp³-hybridized carbons (Fsp3) is 0.387. The van der Waals surface area contributed by atoms with Gasteiger partial charge in [0.2, 0.25) is 5.91 Å². The van der Waals surface area contributed by atoms with E-state index in [2.05, 4.69) is 27.4 Å². The van der Waals surface area contributed by atoms with Crippen molar-refractivity contribution in [1.29, 1.82) is 0 Å². The van der Waals surface area contributed by atoms with E-state index in [0.717, 1.165) is 12.1 Å². The average molecular weight is 562 g/mol. The van der Waals surface area contributed by atoms with Crippen LogP contribution in [0.5, 0.6) is 11.5 Å². The number of carbonyl (C=O) groups is 2. The SMILES string of the molecule is COc1ccc(NC(=O)Nc2ccc3c(c2)CC(=O)N([C@H](C)CO)C[C@H](C)[C@@H](CN(C)Cc2ccncc2)O3)cc1. The van der Waals surface area contributed by atoms with Gasteiger partial charge in [0.05, 0.1) is 26.2 Å². The van der Waals surface area contributed by atoms with Crippen LogP contribution in [-0.2, 0) is 17.8 Å². The Labute approximate surface area is 241 Å². The molecule has 41 heavy (non-hydrogen) atoms. The first-order valence-electron chi connectivity index (χ1n) is 13.7. The number of amides is 3. The number of carbonyl (C=O) groups excluding carboxylic acids is 2. The lowest BCUT2D eigenvalue weighted by Gasteiger charge is -2.34. The number of pyridine rings is 1. The van der Waals surface area contributed by atoms with Crippen molar-refractivity contribution in [3.63, 3.8) is 0 Å². The Kier molecular flexibility index (Phi) is 10.2. The fourth-order valence-electron chi connectivity index (χ4n) is 4.86. The number of aliphatic hydroxyl groups excluding tert-OH is 1. The summed E-state index contributed by atoms with van der Waals surface area (Å²) >= 11 is 0. The predicted octanol–water partition coefficient (Wildman–Crippen LogP) is 4.02. The summed E-state index contributed by atoms with van der Waals surface area (Å²) in [7, 11) is 3.62. The molecule has 1 aliphatic heterocycles. The molecule has 0 fully saturated rings. The number of aromatic nitrogens is 1. The number of fused-ring (bicyclic) bond motifs is 1. The summed E-state index contributed by atoms with van der Waals surface area (Å²) in [6.07, 6.45) is 3.42. The van der Waals surface area contributed by atoms with E-state index < -0.39 is 6.03 Å². The number of hydrogen-bond donors (Lipinski definition) is 3. The van der Waals surface area contributed by atoms with Crippen LogP contribution in [-0.4, -0.2) is 77.8 Å². The Balaban J connectivity index is 1.54. The predicted molar refractivity (Wildman–Crippen MR) is 158 cm³/mol. The molecule has 0 aliphatic carbocycles. The molecule has 3 N–H and O–H groups in total. The van der Waals surface area contributed by atoms with Crippen molar-refractivity contribution < 1.29 is 24.2 Å². The maximum atomic E-state index is 13.5. The smallest absolute Gasteiger partial charge is 0.323 e. The Morgan fingerprint density at radius 1 is 1.15 bits per heavy atom. The molecule has 0 saturated heterocycles. The van der Waals surface area contributed by atoms with Crippen LogP contribution in [0.3, 0.4) is 0 Å². The Hall–Kier alpha value is -4.15. The maximum absolute atomic E-state index is 13.5. The second kappa shape index (κ2) is 14.0. The van der Waals surface area contributed by atoms with Crippen LogP contribution in [0, 0.1) is 5.92 Å². The van der Waals surface area contributed by atoms with E-state index >= 15 is 0 Å². The highest BCUT2D eigenvalue weighted by molar-refractivity contribution is 6.00. The molecule has 2 heterocycles. The topological polar surface area (TPSA) is 116 Å². The Morgan fingerprint density at radius 3 is 2.51 bits per heavy atom. The van der Waals surface area contributed by atoms with Crippen molar-refractivity contribution in [3.05, 3.63) is 78.1 Å². The number of anilines is 2. The molecule has 10 heteroatoms. The minimum Gasteiger partial charge on any atom is -0.497 e. The van der Waals surface area contributed by atoms with Crippen LogP contribution in [0.2, 0.25) is 0 Å². The molecular formula is C31H39N5O5. The van der Waals surface area contributed by atoms with Crippen LogP contribution in [0.4, 0.5) is 16.2 Å². The second-order valence-electron chi connectivity index (χ2n) is 10.6. The first-order chi connectivity index (χ1) is 19.7. The number of hydrogen-bond acceptors (Lipinski definition) is 7. The Bertz CT molecular complexity index is 1300. The van der Waals surface area contributed by atoms with Gasteiger partial charge in [0.25, 0.3) is 0 Å². The van der Waals surface area contributed by atoms with Crippen molar-refractivity contribution in [3.8, 4) is 11.5 Å². The quantitative estimate of drug-likeness (QED) is 0.361. The summed E-state index contributed by atoms with van der Waals surface area (Å²) in [4.78, 5) is 34.2. The van der Waals surface area contributed by atoms with Crippen molar-refractivity contribution in [2.75, 3.05) is 44.5 Å². The van der Waals surface area contributed by atoms with Gasteiger partial charge in [-0.2, -0.15) is 0 Å². The summed E-state index contributed by atoms with van der Waals surface area (Å²) in [5.41, 5.74) is 2.97. The zero-order valence-electron chi connectivity index (χ0n) is 24.0. The van der Waals surface area contributed by atoms with Gasteiger partial charge in [-0.3, -0.25) is 14.7 Å². The number of aliphatic hydroxyl groups is 1. The average Bonchev–Trinajstić information content (AvgIpc) is 3.01. The van der Waals surface area contributed by atoms with E-state index in [1.54, 1.807) is 66.9 Å². The van der Waals surface area contributed by atoms with Gasteiger partial charge in [0.15, 0.2) is 0 Å². The zero-order valence-corrected chi connectivity index (χ0v) is 24.0. The molecular weight excluding hydrogens is 522 g/mol. The van der Waals surface area contributed by atoms with E-state index in [-0.39, 0.29) is 37.0 Å². The largest absolute Gasteiger partial charge is 0.497 e. The van der Waals surface area contributed by atoms with E-state index in [9.17, 15) is 14.7 Å². The minimum atomic E-state index is -0.412. The highest BCUT2D eigenvalue weighted by Gasteiger charge is 2.31. The highest BCUT2D eigenvalue weighted by atomic mass is 16.5. The van der Waals surface area contributed by atoms with Crippen molar-refractivity contribution in [2.45, 2.75) is 39.0 Å². The van der Waals surface area contributed by atoms with Crippen molar-refractivity contribution in [1.82, 2.24) is 14.8 Å².